The van der Waals surface area contributed by atoms with Crippen LogP contribution in [0.4, 0.5) is 0 Å². The third-order valence-corrected chi connectivity index (χ3v) is 15.6. The van der Waals surface area contributed by atoms with Crippen molar-refractivity contribution in [1.82, 2.24) is 0 Å². The molecule has 0 atom stereocenters. The van der Waals surface area contributed by atoms with Gasteiger partial charge in [0.25, 0.3) is 0 Å². The molecule has 1 aliphatic rings. The van der Waals surface area contributed by atoms with Crippen LogP contribution in [0.2, 0.25) is 8.87 Å². The van der Waals surface area contributed by atoms with Crippen molar-refractivity contribution in [2.75, 3.05) is 11.5 Å². The summed E-state index contributed by atoms with van der Waals surface area (Å²) in [6.45, 7) is 4.19. The summed E-state index contributed by atoms with van der Waals surface area (Å²) >= 11 is 3.27. The van der Waals surface area contributed by atoms with Crippen LogP contribution in [0.5, 0.6) is 0 Å². The van der Waals surface area contributed by atoms with Crippen molar-refractivity contribution in [3.63, 3.8) is 0 Å². The van der Waals surface area contributed by atoms with E-state index in [1.165, 1.54) is 23.5 Å². The fraction of sp³-hybridized carbons (Fsp3) is 0.769. The maximum absolute atomic E-state index is 12.1. The molecule has 1 heterocycles. The van der Waals surface area contributed by atoms with Gasteiger partial charge in [0.15, 0.2) is 0 Å². The summed E-state index contributed by atoms with van der Waals surface area (Å²) in [5, 5.41) is 0. The number of rotatable bonds is 6. The molecule has 0 aromatic rings. The fourth-order valence-electron chi connectivity index (χ4n) is 2.00. The average molecular weight is 458 g/mol. The van der Waals surface area contributed by atoms with Crippen molar-refractivity contribution in [2.45, 2.75) is 48.4 Å². The number of unbranched alkanes of at least 4 members (excludes halogenated alkanes) is 2. The molecule has 0 aliphatic carbocycles. The third-order valence-electron chi connectivity index (χ3n) is 3.05. The maximum atomic E-state index is 12.1. The second kappa shape index (κ2) is 10.3. The molecule has 0 radical (unpaired) electrons. The average Bonchev–Trinajstić information content (AvgIpc) is 2.46. The number of thiol groups is 1. The van der Waals surface area contributed by atoms with Gasteiger partial charge >= 0.3 is 146 Å². The molecule has 8 heteroatoms. The zero-order valence-electron chi connectivity index (χ0n) is 12.6. The van der Waals surface area contributed by atoms with E-state index in [4.69, 9.17) is 6.15 Å². The van der Waals surface area contributed by atoms with Gasteiger partial charge in [-0.15, -0.1) is 0 Å². The molecule has 0 bridgehead atoms. The molecule has 0 aromatic heterocycles. The zero-order valence-corrected chi connectivity index (χ0v) is 17.9. The van der Waals surface area contributed by atoms with Crippen LogP contribution in [0.3, 0.4) is 0 Å². The minimum absolute atomic E-state index is 0.250. The Morgan fingerprint density at radius 1 is 1.00 bits per heavy atom. The first kappa shape index (κ1) is 19.6. The first-order chi connectivity index (χ1) is 10.0. The predicted octanol–water partition coefficient (Wildman–Crippen LogP) is 2.96. The number of hydrogen-bond acceptors (Lipinski definition) is 6. The number of thioether (sulfide) groups is 2. The second-order valence-electron chi connectivity index (χ2n) is 4.91. The van der Waals surface area contributed by atoms with Crippen molar-refractivity contribution >= 4 is 70.4 Å². The van der Waals surface area contributed by atoms with Crippen LogP contribution < -0.4 is 0 Å². The monoisotopic (exact) mass is 459 g/mol. The zero-order chi connectivity index (χ0) is 15.7. The van der Waals surface area contributed by atoms with E-state index in [1.54, 1.807) is 0 Å². The summed E-state index contributed by atoms with van der Waals surface area (Å²) in [5.41, 5.74) is 0. The van der Waals surface area contributed by atoms with Crippen LogP contribution >= 0.6 is 23.5 Å². The fourth-order valence-corrected chi connectivity index (χ4v) is 14.1. The Hall–Kier alpha value is 0.529. The second-order valence-corrected chi connectivity index (χ2v) is 17.4. The topological polar surface area (TPSA) is 52.6 Å². The molecule has 1 aliphatic heterocycles. The summed E-state index contributed by atoms with van der Waals surface area (Å²) in [6.07, 6.45) is 3.92. The molecule has 0 unspecified atom stereocenters. The SMILES string of the molecule is CCC[CH2][Sn]1([CH2]CCC)[O]C(=O)CSC(=[SH+])SCC(=O)[O]1. The molecule has 0 amide bonds. The van der Waals surface area contributed by atoms with E-state index in [1.807, 2.05) is 0 Å². The van der Waals surface area contributed by atoms with Crippen molar-refractivity contribution in [3.8, 4) is 0 Å². The first-order valence-corrected chi connectivity index (χ1v) is 16.0. The number of carbonyl (C=O) groups excluding carboxylic acids is 2. The van der Waals surface area contributed by atoms with Crippen molar-refractivity contribution in [3.05, 3.63) is 0 Å². The van der Waals surface area contributed by atoms with Gasteiger partial charge in [0.05, 0.1) is 0 Å². The van der Waals surface area contributed by atoms with E-state index in [-0.39, 0.29) is 23.4 Å². The molecule has 0 aromatic carbocycles. The molecule has 1 saturated heterocycles. The van der Waals surface area contributed by atoms with Gasteiger partial charge in [-0.3, -0.25) is 0 Å². The Bertz CT molecular complexity index is 356. The quantitative estimate of drug-likeness (QED) is 0.264. The van der Waals surface area contributed by atoms with Gasteiger partial charge in [0.1, 0.15) is 0 Å². The molecule has 1 rings (SSSR count). The van der Waals surface area contributed by atoms with E-state index in [0.717, 1.165) is 34.6 Å². The predicted molar refractivity (Wildman–Crippen MR) is 96.1 cm³/mol. The van der Waals surface area contributed by atoms with Crippen molar-refractivity contribution in [1.29, 1.82) is 0 Å². The van der Waals surface area contributed by atoms with Crippen molar-refractivity contribution < 1.29 is 15.7 Å². The van der Waals surface area contributed by atoms with Crippen LogP contribution in [-0.4, -0.2) is 46.2 Å². The summed E-state index contributed by atoms with van der Waals surface area (Å²) in [5.74, 6) is -0.0182. The van der Waals surface area contributed by atoms with Crippen LogP contribution in [0.15, 0.2) is 0 Å². The normalized spacial score (nSPS) is 19.8. The van der Waals surface area contributed by atoms with Gasteiger partial charge in [-0.1, -0.05) is 0 Å². The first-order valence-electron chi connectivity index (χ1n) is 7.26. The van der Waals surface area contributed by atoms with E-state index < -0.39 is 19.2 Å². The van der Waals surface area contributed by atoms with Gasteiger partial charge in [-0.25, -0.2) is 0 Å². The Labute approximate surface area is 145 Å². The van der Waals surface area contributed by atoms with Crippen LogP contribution in [0.25, 0.3) is 0 Å². The van der Waals surface area contributed by atoms with E-state index in [0.29, 0.717) is 3.53 Å². The number of carbonyl (C=O) groups is 2. The molecule has 0 N–H and O–H groups in total. The molecule has 21 heavy (non-hydrogen) atoms. The van der Waals surface area contributed by atoms with Crippen LogP contribution in [-0.2, 0) is 28.0 Å². The Morgan fingerprint density at radius 2 is 1.43 bits per heavy atom. The summed E-state index contributed by atoms with van der Waals surface area (Å²) in [6, 6.07) is 0. The molecule has 1 fully saturated rings. The molecule has 120 valence electrons. The third kappa shape index (κ3) is 7.56. The molecular weight excluding hydrogens is 435 g/mol. The molecule has 0 saturated carbocycles. The van der Waals surface area contributed by atoms with Gasteiger partial charge in [0.2, 0.25) is 0 Å². The minimum atomic E-state index is -3.63. The molecular formula is C13H23O4S3Sn+. The van der Waals surface area contributed by atoms with Crippen molar-refractivity contribution in [2.24, 2.45) is 0 Å². The Morgan fingerprint density at radius 3 is 1.81 bits per heavy atom. The Balaban J connectivity index is 2.88. The summed E-state index contributed by atoms with van der Waals surface area (Å²) in [7, 11) is 0. The summed E-state index contributed by atoms with van der Waals surface area (Å²) < 4.78 is 13.8. The molecule has 0 spiro atoms. The standard InChI is InChI=1S/C5H6O4S3.2C4H9.Sn/c6-3(7)1-11-5(10)12-2-4(8)9;2*1-3-4-2;/h1-2H2,(H,6,7)(H,8,9);2*1,3-4H2,2H3;/q;;;+2/p-1. The number of hydrogen-bond donors (Lipinski definition) is 0. The van der Waals surface area contributed by atoms with Gasteiger partial charge in [0, 0.05) is 0 Å². The van der Waals surface area contributed by atoms with E-state index >= 15 is 0 Å². The van der Waals surface area contributed by atoms with Gasteiger partial charge < -0.3 is 0 Å². The molecule has 4 nitrogen and oxygen atoms in total. The Kier molecular flexibility index (Phi) is 9.63. The van der Waals surface area contributed by atoms with E-state index in [2.05, 4.69) is 26.1 Å². The van der Waals surface area contributed by atoms with Crippen LogP contribution in [0.1, 0.15) is 39.5 Å². The van der Waals surface area contributed by atoms with E-state index in [9.17, 15) is 9.59 Å². The van der Waals surface area contributed by atoms with Crippen LogP contribution in [0, 0.1) is 0 Å². The van der Waals surface area contributed by atoms with Gasteiger partial charge in [-0.05, 0) is 0 Å². The summed E-state index contributed by atoms with van der Waals surface area (Å²) in [4.78, 5) is 24.1. The van der Waals surface area contributed by atoms with Gasteiger partial charge in [-0.2, -0.15) is 0 Å².